The fourth-order valence-electron chi connectivity index (χ4n) is 2.30. The number of hydrogen-bond acceptors (Lipinski definition) is 2. The van der Waals surface area contributed by atoms with Crippen molar-refractivity contribution in [1.29, 1.82) is 0 Å². The minimum Gasteiger partial charge on any atom is -0.369 e. The first kappa shape index (κ1) is 12.4. The second kappa shape index (κ2) is 5.50. The van der Waals surface area contributed by atoms with Gasteiger partial charge in [-0.05, 0) is 56.2 Å². The molecule has 1 saturated carbocycles. The van der Waals surface area contributed by atoms with Crippen molar-refractivity contribution in [3.05, 3.63) is 21.2 Å². The Morgan fingerprint density at radius 1 is 1.44 bits per heavy atom. The fourth-order valence-corrected chi connectivity index (χ4v) is 3.43. The average Bonchev–Trinajstić information content (AvgIpc) is 2.63. The van der Waals surface area contributed by atoms with Crippen LogP contribution in [0.4, 0.5) is 5.82 Å². The first-order valence-electron chi connectivity index (χ1n) is 5.71. The number of halogens is 2. The van der Waals surface area contributed by atoms with E-state index in [1.807, 2.05) is 12.3 Å². The number of anilines is 1. The van der Waals surface area contributed by atoms with Gasteiger partial charge in [-0.3, -0.25) is 0 Å². The molecule has 2 unspecified atom stereocenters. The maximum absolute atomic E-state index is 4.36. The van der Waals surface area contributed by atoms with E-state index >= 15 is 0 Å². The number of rotatable bonds is 3. The highest BCUT2D eigenvalue weighted by Gasteiger charge is 2.23. The molecule has 2 rings (SSSR count). The molecule has 4 heteroatoms. The van der Waals surface area contributed by atoms with Gasteiger partial charge in [-0.1, -0.05) is 19.8 Å². The smallest absolute Gasteiger partial charge is 0.140 e. The van der Waals surface area contributed by atoms with Crippen LogP contribution in [0.1, 0.15) is 26.2 Å². The molecule has 0 aromatic carbocycles. The standard InChI is InChI=1S/C12H16Br2N2/c1-8-3-2-4-9(8)6-15-12-11(14)5-10(13)7-16-12/h5,7-9H,2-4,6H2,1H3,(H,15,16). The Bertz CT molecular complexity index is 368. The van der Waals surface area contributed by atoms with E-state index in [1.165, 1.54) is 19.3 Å². The molecule has 2 nitrogen and oxygen atoms in total. The molecule has 0 saturated heterocycles. The van der Waals surface area contributed by atoms with Gasteiger partial charge in [0.05, 0.1) is 4.47 Å². The van der Waals surface area contributed by atoms with Gasteiger partial charge in [-0.2, -0.15) is 0 Å². The zero-order valence-electron chi connectivity index (χ0n) is 9.34. The van der Waals surface area contributed by atoms with E-state index in [9.17, 15) is 0 Å². The molecule has 0 bridgehead atoms. The summed E-state index contributed by atoms with van der Waals surface area (Å²) in [5, 5.41) is 3.43. The van der Waals surface area contributed by atoms with E-state index in [-0.39, 0.29) is 0 Å². The summed E-state index contributed by atoms with van der Waals surface area (Å²) in [6, 6.07) is 2.02. The van der Waals surface area contributed by atoms with Crippen LogP contribution in [0, 0.1) is 11.8 Å². The van der Waals surface area contributed by atoms with Gasteiger partial charge < -0.3 is 5.32 Å². The minimum atomic E-state index is 0.803. The molecule has 1 heterocycles. The maximum atomic E-state index is 4.36. The first-order chi connectivity index (χ1) is 7.66. The van der Waals surface area contributed by atoms with Crippen LogP contribution in [-0.4, -0.2) is 11.5 Å². The molecule has 1 fully saturated rings. The molecule has 0 aliphatic heterocycles. The van der Waals surface area contributed by atoms with E-state index in [1.54, 1.807) is 0 Å². The van der Waals surface area contributed by atoms with Crippen molar-refractivity contribution in [3.8, 4) is 0 Å². The van der Waals surface area contributed by atoms with Gasteiger partial charge in [-0.15, -0.1) is 0 Å². The zero-order chi connectivity index (χ0) is 11.5. The van der Waals surface area contributed by atoms with Crippen LogP contribution in [-0.2, 0) is 0 Å². The molecule has 2 atom stereocenters. The Hall–Kier alpha value is -0.0900. The van der Waals surface area contributed by atoms with E-state index in [0.29, 0.717) is 0 Å². The Kier molecular flexibility index (Phi) is 4.25. The predicted molar refractivity (Wildman–Crippen MR) is 74.6 cm³/mol. The molecular weight excluding hydrogens is 332 g/mol. The molecule has 0 spiro atoms. The summed E-state index contributed by atoms with van der Waals surface area (Å²) in [5.41, 5.74) is 0. The molecule has 1 aromatic heterocycles. The van der Waals surface area contributed by atoms with Crippen LogP contribution in [0.3, 0.4) is 0 Å². The van der Waals surface area contributed by atoms with Gasteiger partial charge in [0.15, 0.2) is 0 Å². The molecule has 88 valence electrons. The van der Waals surface area contributed by atoms with Gasteiger partial charge in [-0.25, -0.2) is 4.98 Å². The van der Waals surface area contributed by atoms with E-state index in [4.69, 9.17) is 0 Å². The summed E-state index contributed by atoms with van der Waals surface area (Å²) in [7, 11) is 0. The van der Waals surface area contributed by atoms with Gasteiger partial charge >= 0.3 is 0 Å². The van der Waals surface area contributed by atoms with Crippen molar-refractivity contribution in [2.24, 2.45) is 11.8 Å². The third-order valence-electron chi connectivity index (χ3n) is 3.38. The first-order valence-corrected chi connectivity index (χ1v) is 7.30. The van der Waals surface area contributed by atoms with E-state index in [2.05, 4.69) is 49.1 Å². The third-order valence-corrected chi connectivity index (χ3v) is 4.42. The average molecular weight is 348 g/mol. The topological polar surface area (TPSA) is 24.9 Å². The quantitative estimate of drug-likeness (QED) is 0.873. The SMILES string of the molecule is CC1CCCC1CNc1ncc(Br)cc1Br. The Morgan fingerprint density at radius 2 is 2.25 bits per heavy atom. The molecular formula is C12H16Br2N2. The Morgan fingerprint density at radius 3 is 2.88 bits per heavy atom. The summed E-state index contributed by atoms with van der Waals surface area (Å²) in [6.07, 6.45) is 5.93. The van der Waals surface area contributed by atoms with Crippen molar-refractivity contribution in [1.82, 2.24) is 4.98 Å². The van der Waals surface area contributed by atoms with Crippen molar-refractivity contribution < 1.29 is 0 Å². The molecule has 1 aliphatic carbocycles. The van der Waals surface area contributed by atoms with Crippen molar-refractivity contribution >= 4 is 37.7 Å². The van der Waals surface area contributed by atoms with E-state index < -0.39 is 0 Å². The third kappa shape index (κ3) is 2.98. The Labute approximate surface area is 113 Å². The van der Waals surface area contributed by atoms with E-state index in [0.717, 1.165) is 33.1 Å². The lowest BCUT2D eigenvalue weighted by Gasteiger charge is -2.16. The molecule has 0 amide bonds. The highest BCUT2D eigenvalue weighted by atomic mass is 79.9. The molecule has 0 radical (unpaired) electrons. The number of hydrogen-bond donors (Lipinski definition) is 1. The van der Waals surface area contributed by atoms with Crippen LogP contribution in [0.15, 0.2) is 21.2 Å². The zero-order valence-corrected chi connectivity index (χ0v) is 12.5. The number of nitrogens with one attached hydrogen (secondary N) is 1. The van der Waals surface area contributed by atoms with Crippen molar-refractivity contribution in [2.45, 2.75) is 26.2 Å². The highest BCUT2D eigenvalue weighted by molar-refractivity contribution is 9.11. The summed E-state index contributed by atoms with van der Waals surface area (Å²) in [4.78, 5) is 4.36. The second-order valence-electron chi connectivity index (χ2n) is 4.53. The van der Waals surface area contributed by atoms with Crippen LogP contribution < -0.4 is 5.32 Å². The van der Waals surface area contributed by atoms with Crippen molar-refractivity contribution in [2.75, 3.05) is 11.9 Å². The Balaban J connectivity index is 1.94. The summed E-state index contributed by atoms with van der Waals surface area (Å²) < 4.78 is 2.02. The maximum Gasteiger partial charge on any atom is 0.140 e. The van der Waals surface area contributed by atoms with Crippen LogP contribution in [0.25, 0.3) is 0 Å². The van der Waals surface area contributed by atoms with Crippen molar-refractivity contribution in [3.63, 3.8) is 0 Å². The normalized spacial score (nSPS) is 24.7. The van der Waals surface area contributed by atoms with Crippen LogP contribution in [0.5, 0.6) is 0 Å². The summed E-state index contributed by atoms with van der Waals surface area (Å²) in [5.74, 6) is 2.60. The van der Waals surface area contributed by atoms with Gasteiger partial charge in [0.25, 0.3) is 0 Å². The van der Waals surface area contributed by atoms with Gasteiger partial charge in [0.2, 0.25) is 0 Å². The minimum absolute atomic E-state index is 0.803. The molecule has 16 heavy (non-hydrogen) atoms. The summed E-state index contributed by atoms with van der Waals surface area (Å²) >= 11 is 6.92. The predicted octanol–water partition coefficient (Wildman–Crippen LogP) is 4.45. The lowest BCUT2D eigenvalue weighted by Crippen LogP contribution is -2.17. The largest absolute Gasteiger partial charge is 0.369 e. The molecule has 1 N–H and O–H groups in total. The summed E-state index contributed by atoms with van der Waals surface area (Å²) in [6.45, 7) is 3.39. The second-order valence-corrected chi connectivity index (χ2v) is 6.30. The molecule has 1 aliphatic rings. The van der Waals surface area contributed by atoms with Gasteiger partial charge in [0, 0.05) is 17.2 Å². The monoisotopic (exact) mass is 346 g/mol. The number of nitrogens with zero attached hydrogens (tertiary/aromatic N) is 1. The number of aromatic nitrogens is 1. The highest BCUT2D eigenvalue weighted by Crippen LogP contribution is 2.32. The fraction of sp³-hybridized carbons (Fsp3) is 0.583. The van der Waals surface area contributed by atoms with Gasteiger partial charge in [0.1, 0.15) is 5.82 Å². The van der Waals surface area contributed by atoms with Crippen LogP contribution in [0.2, 0.25) is 0 Å². The molecule has 1 aromatic rings. The lowest BCUT2D eigenvalue weighted by atomic mass is 9.98. The van der Waals surface area contributed by atoms with Crippen LogP contribution >= 0.6 is 31.9 Å². The number of pyridine rings is 1. The lowest BCUT2D eigenvalue weighted by molar-refractivity contribution is 0.439.